The second-order valence-electron chi connectivity index (χ2n) is 5.70. The highest BCUT2D eigenvalue weighted by Gasteiger charge is 2.21. The van der Waals surface area contributed by atoms with Crippen molar-refractivity contribution >= 4 is 17.4 Å². The number of hydrogen-bond donors (Lipinski definition) is 2. The summed E-state index contributed by atoms with van der Waals surface area (Å²) < 4.78 is 0. The molecule has 0 atom stereocenters. The topological polar surface area (TPSA) is 100 Å². The smallest absolute Gasteiger partial charge is 0.287 e. The van der Waals surface area contributed by atoms with Crippen LogP contribution in [0.15, 0.2) is 18.3 Å². The predicted molar refractivity (Wildman–Crippen MR) is 87.3 cm³/mol. The van der Waals surface area contributed by atoms with Crippen molar-refractivity contribution in [2.45, 2.75) is 32.2 Å². The molecule has 0 spiro atoms. The fourth-order valence-corrected chi connectivity index (χ4v) is 2.55. The maximum atomic E-state index is 11.7. The van der Waals surface area contributed by atoms with Crippen molar-refractivity contribution in [3.63, 3.8) is 0 Å². The molecule has 0 aromatic carbocycles. The number of piperidine rings is 1. The molecule has 126 valence electrons. The van der Waals surface area contributed by atoms with E-state index in [4.69, 9.17) is 0 Å². The van der Waals surface area contributed by atoms with Crippen LogP contribution >= 0.6 is 0 Å². The van der Waals surface area contributed by atoms with E-state index in [2.05, 4.69) is 20.5 Å². The van der Waals surface area contributed by atoms with Crippen molar-refractivity contribution < 1.29 is 9.72 Å². The molecule has 0 radical (unpaired) electrons. The molecule has 8 heteroatoms. The maximum absolute atomic E-state index is 11.7. The largest absolute Gasteiger partial charge is 0.367 e. The third-order valence-electron chi connectivity index (χ3n) is 3.84. The molecule has 0 aliphatic carbocycles. The number of anilines is 1. The molecule has 0 unspecified atom stereocenters. The lowest BCUT2D eigenvalue weighted by Crippen LogP contribution is -2.44. The maximum Gasteiger partial charge on any atom is 0.287 e. The molecule has 1 aromatic rings. The first kappa shape index (κ1) is 17.1. The molecule has 8 nitrogen and oxygen atoms in total. The highest BCUT2D eigenvalue weighted by molar-refractivity contribution is 5.77. The predicted octanol–water partition coefficient (Wildman–Crippen LogP) is 1.39. The number of nitrogens with zero attached hydrogens (tertiary/aromatic N) is 3. The van der Waals surface area contributed by atoms with E-state index in [-0.39, 0.29) is 17.6 Å². The average molecular weight is 321 g/mol. The minimum Gasteiger partial charge on any atom is -0.367 e. The number of hydrogen-bond acceptors (Lipinski definition) is 6. The summed E-state index contributed by atoms with van der Waals surface area (Å²) in [6, 6.07) is 3.35. The highest BCUT2D eigenvalue weighted by atomic mass is 16.6. The average Bonchev–Trinajstić information content (AvgIpc) is 2.55. The van der Waals surface area contributed by atoms with Gasteiger partial charge in [-0.1, -0.05) is 6.92 Å². The Bertz CT molecular complexity index is 526. The van der Waals surface area contributed by atoms with Gasteiger partial charge in [0, 0.05) is 31.7 Å². The van der Waals surface area contributed by atoms with Crippen LogP contribution in [-0.4, -0.2) is 52.9 Å². The lowest BCUT2D eigenvalue weighted by Gasteiger charge is -2.32. The minimum absolute atomic E-state index is 0.0107. The van der Waals surface area contributed by atoms with Gasteiger partial charge in [0.25, 0.3) is 5.69 Å². The van der Waals surface area contributed by atoms with E-state index < -0.39 is 4.92 Å². The van der Waals surface area contributed by atoms with Crippen LogP contribution in [0.25, 0.3) is 0 Å². The Balaban J connectivity index is 1.74. The van der Waals surface area contributed by atoms with Gasteiger partial charge in [0.15, 0.2) is 0 Å². The Labute approximate surface area is 135 Å². The lowest BCUT2D eigenvalue weighted by molar-refractivity contribution is -0.385. The van der Waals surface area contributed by atoms with Crippen molar-refractivity contribution in [2.24, 2.45) is 0 Å². The minimum atomic E-state index is -0.459. The van der Waals surface area contributed by atoms with E-state index in [1.54, 1.807) is 6.07 Å². The molecule has 1 amide bonds. The summed E-state index contributed by atoms with van der Waals surface area (Å²) in [5, 5.41) is 16.8. The summed E-state index contributed by atoms with van der Waals surface area (Å²) in [4.78, 5) is 28.0. The zero-order valence-corrected chi connectivity index (χ0v) is 13.3. The van der Waals surface area contributed by atoms with Crippen LogP contribution < -0.4 is 10.6 Å². The van der Waals surface area contributed by atoms with Crippen molar-refractivity contribution in [2.75, 3.05) is 31.5 Å². The van der Waals surface area contributed by atoms with Crippen LogP contribution in [0.1, 0.15) is 26.2 Å². The van der Waals surface area contributed by atoms with E-state index in [1.807, 2.05) is 6.92 Å². The van der Waals surface area contributed by atoms with E-state index in [0.29, 0.717) is 12.4 Å². The SMILES string of the molecule is CCCNC(=O)CN1CCC(Nc2ccc([N+](=O)[O-])cn2)CC1. The Morgan fingerprint density at radius 1 is 1.43 bits per heavy atom. The van der Waals surface area contributed by atoms with Crippen molar-refractivity contribution in [3.8, 4) is 0 Å². The molecule has 2 rings (SSSR count). The van der Waals surface area contributed by atoms with Crippen LogP contribution in [0.5, 0.6) is 0 Å². The second-order valence-corrected chi connectivity index (χ2v) is 5.70. The number of likely N-dealkylation sites (tertiary alicyclic amines) is 1. The summed E-state index contributed by atoms with van der Waals surface area (Å²) in [5.74, 6) is 0.727. The Morgan fingerprint density at radius 3 is 2.74 bits per heavy atom. The molecule has 0 saturated carbocycles. The van der Waals surface area contributed by atoms with Gasteiger partial charge in [-0.15, -0.1) is 0 Å². The normalized spacial score (nSPS) is 16.0. The van der Waals surface area contributed by atoms with E-state index in [9.17, 15) is 14.9 Å². The van der Waals surface area contributed by atoms with Gasteiger partial charge in [-0.3, -0.25) is 19.8 Å². The standard InChI is InChI=1S/C15H23N5O3/c1-2-7-16-15(21)11-19-8-5-12(6-9-19)18-14-4-3-13(10-17-14)20(22)23/h3-4,10,12H,2,5-9,11H2,1H3,(H,16,21)(H,17,18). The third-order valence-corrected chi connectivity index (χ3v) is 3.84. The molecule has 1 aromatic heterocycles. The highest BCUT2D eigenvalue weighted by Crippen LogP contribution is 2.17. The van der Waals surface area contributed by atoms with Crippen molar-refractivity contribution in [1.82, 2.24) is 15.2 Å². The number of carbonyl (C=O) groups excluding carboxylic acids is 1. The number of amides is 1. The summed E-state index contributed by atoms with van der Waals surface area (Å²) in [6.07, 6.45) is 4.04. The van der Waals surface area contributed by atoms with Gasteiger partial charge in [0.1, 0.15) is 12.0 Å². The molecule has 2 heterocycles. The van der Waals surface area contributed by atoms with Gasteiger partial charge in [0.2, 0.25) is 5.91 Å². The lowest BCUT2D eigenvalue weighted by atomic mass is 10.1. The van der Waals surface area contributed by atoms with Crippen LogP contribution in [0.2, 0.25) is 0 Å². The van der Waals surface area contributed by atoms with Crippen molar-refractivity contribution in [1.29, 1.82) is 0 Å². The molecule has 2 N–H and O–H groups in total. The first-order valence-electron chi connectivity index (χ1n) is 7.94. The molecule has 1 fully saturated rings. The molecule has 23 heavy (non-hydrogen) atoms. The van der Waals surface area contributed by atoms with Gasteiger partial charge in [-0.05, 0) is 25.3 Å². The van der Waals surface area contributed by atoms with E-state index in [0.717, 1.165) is 38.9 Å². The van der Waals surface area contributed by atoms with Gasteiger partial charge < -0.3 is 10.6 Å². The number of rotatable bonds is 7. The van der Waals surface area contributed by atoms with Gasteiger partial charge >= 0.3 is 0 Å². The van der Waals surface area contributed by atoms with E-state index in [1.165, 1.54) is 12.3 Å². The van der Waals surface area contributed by atoms with Crippen LogP contribution in [0.3, 0.4) is 0 Å². The summed E-state index contributed by atoms with van der Waals surface area (Å²) in [5.41, 5.74) is -0.0107. The fourth-order valence-electron chi connectivity index (χ4n) is 2.55. The quantitative estimate of drug-likeness (QED) is 0.581. The summed E-state index contributed by atoms with van der Waals surface area (Å²) >= 11 is 0. The Kier molecular flexibility index (Phi) is 6.28. The number of aromatic nitrogens is 1. The number of nitrogens with one attached hydrogen (secondary N) is 2. The first-order valence-corrected chi connectivity index (χ1v) is 7.94. The third kappa shape index (κ3) is 5.48. The second kappa shape index (κ2) is 8.42. The van der Waals surface area contributed by atoms with Gasteiger partial charge in [-0.2, -0.15) is 0 Å². The van der Waals surface area contributed by atoms with Crippen LogP contribution in [0.4, 0.5) is 11.5 Å². The van der Waals surface area contributed by atoms with E-state index >= 15 is 0 Å². The summed E-state index contributed by atoms with van der Waals surface area (Å²) in [7, 11) is 0. The number of nitro groups is 1. The zero-order chi connectivity index (χ0) is 16.7. The molecular formula is C15H23N5O3. The van der Waals surface area contributed by atoms with Gasteiger partial charge in [-0.25, -0.2) is 4.98 Å². The zero-order valence-electron chi connectivity index (χ0n) is 13.3. The Morgan fingerprint density at radius 2 is 2.17 bits per heavy atom. The number of pyridine rings is 1. The first-order chi connectivity index (χ1) is 11.1. The fraction of sp³-hybridized carbons (Fsp3) is 0.600. The van der Waals surface area contributed by atoms with Crippen molar-refractivity contribution in [3.05, 3.63) is 28.4 Å². The summed E-state index contributed by atoms with van der Waals surface area (Å²) in [6.45, 7) is 4.91. The molecule has 1 aliphatic rings. The molecule has 1 saturated heterocycles. The number of carbonyl (C=O) groups is 1. The molecule has 1 aliphatic heterocycles. The molecular weight excluding hydrogens is 298 g/mol. The van der Waals surface area contributed by atoms with Gasteiger partial charge in [0.05, 0.1) is 11.5 Å². The molecule has 0 bridgehead atoms. The Hall–Kier alpha value is -2.22. The van der Waals surface area contributed by atoms with Crippen LogP contribution in [0, 0.1) is 10.1 Å². The van der Waals surface area contributed by atoms with Crippen LogP contribution in [-0.2, 0) is 4.79 Å². The monoisotopic (exact) mass is 321 g/mol.